The average molecular weight is 518 g/mol. The van der Waals surface area contributed by atoms with Crippen molar-refractivity contribution in [2.24, 2.45) is 11.8 Å². The number of hydrogen-bond acceptors (Lipinski definition) is 8. The number of carboxylic acid groups (broad SMARTS) is 2. The lowest BCUT2D eigenvalue weighted by Gasteiger charge is -2.06. The third-order valence-electron chi connectivity index (χ3n) is 6.75. The smallest absolute Gasteiger partial charge is 0.303 e. The zero-order valence-corrected chi connectivity index (χ0v) is 20.0. The molecule has 2 unspecified atom stereocenters. The highest BCUT2D eigenvalue weighted by atomic mass is 16.4. The predicted octanol–water partition coefficient (Wildman–Crippen LogP) is 2.99. The normalized spacial score (nSPS) is 17.9. The molecular formula is C28H22O10. The standard InChI is InChI=1S/C28H22O10/c29-19(3-1-5-21(31)32)23-25(35)15-9-7-13(11-17(15)27(23)37)14-8-10-16-18(12-14)28(38)24(26(16)36)20(30)4-2-6-22(33)34/h7-12,23-24H,1-6H2,(H,31,32)(H,33,34). The van der Waals surface area contributed by atoms with Crippen LogP contribution in [0.15, 0.2) is 36.4 Å². The molecule has 0 radical (unpaired) electrons. The number of carbonyl (C=O) groups is 8. The maximum Gasteiger partial charge on any atom is 0.303 e. The third-order valence-corrected chi connectivity index (χ3v) is 6.75. The molecule has 2 aromatic rings. The first-order valence-electron chi connectivity index (χ1n) is 12.0. The lowest BCUT2D eigenvalue weighted by atomic mass is 9.94. The number of carbonyl (C=O) groups excluding carboxylic acids is 6. The van der Waals surface area contributed by atoms with Gasteiger partial charge in [0.05, 0.1) is 0 Å². The van der Waals surface area contributed by atoms with Crippen molar-refractivity contribution in [3.8, 4) is 11.1 Å². The second-order valence-electron chi connectivity index (χ2n) is 9.27. The number of fused-ring (bicyclic) bond motifs is 2. The van der Waals surface area contributed by atoms with Crippen LogP contribution in [-0.2, 0) is 19.2 Å². The van der Waals surface area contributed by atoms with E-state index < -0.39 is 58.5 Å². The highest BCUT2D eigenvalue weighted by Crippen LogP contribution is 2.35. The summed E-state index contributed by atoms with van der Waals surface area (Å²) >= 11 is 0. The van der Waals surface area contributed by atoms with E-state index in [0.717, 1.165) is 0 Å². The van der Waals surface area contributed by atoms with Crippen molar-refractivity contribution in [2.45, 2.75) is 38.5 Å². The van der Waals surface area contributed by atoms with Crippen LogP contribution in [0.1, 0.15) is 80.0 Å². The summed E-state index contributed by atoms with van der Waals surface area (Å²) in [5.41, 5.74) is 1.13. The van der Waals surface area contributed by atoms with E-state index in [9.17, 15) is 38.4 Å². The number of aliphatic carboxylic acids is 2. The first-order chi connectivity index (χ1) is 18.0. The lowest BCUT2D eigenvalue weighted by Crippen LogP contribution is -2.25. The van der Waals surface area contributed by atoms with Gasteiger partial charge in [-0.3, -0.25) is 38.4 Å². The van der Waals surface area contributed by atoms with Crippen molar-refractivity contribution in [1.29, 1.82) is 0 Å². The van der Waals surface area contributed by atoms with Crippen LogP contribution in [0, 0.1) is 11.8 Å². The molecule has 4 rings (SSSR count). The van der Waals surface area contributed by atoms with E-state index in [4.69, 9.17) is 10.2 Å². The second kappa shape index (κ2) is 10.4. The molecular weight excluding hydrogens is 496 g/mol. The molecule has 0 saturated heterocycles. The van der Waals surface area contributed by atoms with Crippen LogP contribution >= 0.6 is 0 Å². The average Bonchev–Trinajstić information content (AvgIpc) is 3.26. The summed E-state index contributed by atoms with van der Waals surface area (Å²) in [7, 11) is 0. The van der Waals surface area contributed by atoms with Gasteiger partial charge in [0.15, 0.2) is 34.7 Å². The van der Waals surface area contributed by atoms with Crippen LogP contribution in [0.3, 0.4) is 0 Å². The SMILES string of the molecule is O=C(O)CCCC(=O)C1C(=O)c2ccc(-c3ccc4c(c3)C(=O)C(C(=O)CCCC(=O)O)C4=O)cc2C1=O. The van der Waals surface area contributed by atoms with Crippen molar-refractivity contribution >= 4 is 46.6 Å². The molecule has 194 valence electrons. The molecule has 2 aromatic carbocycles. The Morgan fingerprint density at radius 2 is 0.868 bits per heavy atom. The van der Waals surface area contributed by atoms with Gasteiger partial charge < -0.3 is 10.2 Å². The molecule has 0 aromatic heterocycles. The van der Waals surface area contributed by atoms with Crippen LogP contribution in [0.25, 0.3) is 11.1 Å². The molecule has 2 N–H and O–H groups in total. The molecule has 0 saturated carbocycles. The molecule has 38 heavy (non-hydrogen) atoms. The second-order valence-corrected chi connectivity index (χ2v) is 9.27. The fraction of sp³-hybridized carbons (Fsp3) is 0.286. The molecule has 10 heteroatoms. The van der Waals surface area contributed by atoms with Gasteiger partial charge in [-0.1, -0.05) is 24.3 Å². The molecule has 0 bridgehead atoms. The van der Waals surface area contributed by atoms with E-state index in [1.54, 1.807) is 12.1 Å². The zero-order valence-electron chi connectivity index (χ0n) is 20.0. The van der Waals surface area contributed by atoms with Crippen molar-refractivity contribution in [3.63, 3.8) is 0 Å². The fourth-order valence-corrected chi connectivity index (χ4v) is 4.85. The number of rotatable bonds is 11. The Balaban J connectivity index is 1.55. The molecule has 0 spiro atoms. The van der Waals surface area contributed by atoms with Crippen molar-refractivity contribution in [3.05, 3.63) is 58.7 Å². The first kappa shape index (κ1) is 26.5. The third kappa shape index (κ3) is 4.84. The van der Waals surface area contributed by atoms with Gasteiger partial charge in [0.2, 0.25) is 0 Å². The summed E-state index contributed by atoms with van der Waals surface area (Å²) in [6.07, 6.45) is -0.924. The monoisotopic (exact) mass is 518 g/mol. The van der Waals surface area contributed by atoms with Gasteiger partial charge in [-0.2, -0.15) is 0 Å². The van der Waals surface area contributed by atoms with Gasteiger partial charge in [0.1, 0.15) is 11.8 Å². The molecule has 0 heterocycles. The molecule has 0 amide bonds. The molecule has 0 aliphatic heterocycles. The highest BCUT2D eigenvalue weighted by Gasteiger charge is 2.44. The quantitative estimate of drug-likeness (QED) is 0.420. The van der Waals surface area contributed by atoms with Crippen LogP contribution in [0.5, 0.6) is 0 Å². The Labute approximate surface area is 215 Å². The Morgan fingerprint density at radius 3 is 1.21 bits per heavy atom. The largest absolute Gasteiger partial charge is 0.481 e. The van der Waals surface area contributed by atoms with E-state index >= 15 is 0 Å². The van der Waals surface area contributed by atoms with Crippen LogP contribution in [-0.4, -0.2) is 56.9 Å². The molecule has 2 aliphatic carbocycles. The van der Waals surface area contributed by atoms with Gasteiger partial charge in [0, 0.05) is 47.9 Å². The zero-order chi connectivity index (χ0) is 27.7. The Hall–Kier alpha value is -4.60. The minimum Gasteiger partial charge on any atom is -0.481 e. The predicted molar refractivity (Wildman–Crippen MR) is 129 cm³/mol. The number of Topliss-reactive ketones (excluding diaryl/α,β-unsaturated/α-hetero) is 6. The van der Waals surface area contributed by atoms with Gasteiger partial charge >= 0.3 is 11.9 Å². The Kier molecular flexibility index (Phi) is 7.25. The topological polar surface area (TPSA) is 177 Å². The molecule has 2 atom stereocenters. The summed E-state index contributed by atoms with van der Waals surface area (Å²) in [5, 5.41) is 17.5. The van der Waals surface area contributed by atoms with E-state index in [0.29, 0.717) is 11.1 Å². The maximum absolute atomic E-state index is 12.9. The van der Waals surface area contributed by atoms with Crippen LogP contribution in [0.2, 0.25) is 0 Å². The highest BCUT2D eigenvalue weighted by molar-refractivity contribution is 6.36. The summed E-state index contributed by atoms with van der Waals surface area (Å²) in [5.74, 6) is -9.11. The van der Waals surface area contributed by atoms with Crippen molar-refractivity contribution < 1.29 is 48.6 Å². The lowest BCUT2D eigenvalue weighted by molar-refractivity contribution is -0.138. The van der Waals surface area contributed by atoms with E-state index in [2.05, 4.69) is 0 Å². The Morgan fingerprint density at radius 1 is 0.526 bits per heavy atom. The maximum atomic E-state index is 12.9. The van der Waals surface area contributed by atoms with Crippen molar-refractivity contribution in [2.75, 3.05) is 0 Å². The molecule has 10 nitrogen and oxygen atoms in total. The van der Waals surface area contributed by atoms with E-state index in [1.807, 2.05) is 0 Å². The van der Waals surface area contributed by atoms with Gasteiger partial charge in [-0.25, -0.2) is 0 Å². The number of carboxylic acids is 2. The number of ketones is 6. The fourth-order valence-electron chi connectivity index (χ4n) is 4.85. The van der Waals surface area contributed by atoms with Crippen LogP contribution < -0.4 is 0 Å². The minimum absolute atomic E-state index is 0.0117. The van der Waals surface area contributed by atoms with Crippen molar-refractivity contribution in [1.82, 2.24) is 0 Å². The van der Waals surface area contributed by atoms with Crippen LogP contribution in [0.4, 0.5) is 0 Å². The van der Waals surface area contributed by atoms with Gasteiger partial charge in [0.25, 0.3) is 0 Å². The number of hydrogen-bond donors (Lipinski definition) is 2. The molecule has 2 aliphatic rings. The van der Waals surface area contributed by atoms with Gasteiger partial charge in [-0.05, 0) is 36.1 Å². The summed E-state index contributed by atoms with van der Waals surface area (Å²) in [4.78, 5) is 97.7. The van der Waals surface area contributed by atoms with E-state index in [1.165, 1.54) is 24.3 Å². The summed E-state index contributed by atoms with van der Waals surface area (Å²) in [6, 6.07) is 8.75. The van der Waals surface area contributed by atoms with Gasteiger partial charge in [-0.15, -0.1) is 0 Å². The molecule has 0 fully saturated rings. The Bertz CT molecular complexity index is 1340. The summed E-state index contributed by atoms with van der Waals surface area (Å²) < 4.78 is 0. The minimum atomic E-state index is -1.51. The first-order valence-corrected chi connectivity index (χ1v) is 12.0. The van der Waals surface area contributed by atoms with E-state index in [-0.39, 0.29) is 60.8 Å². The number of benzene rings is 2. The summed E-state index contributed by atoms with van der Waals surface area (Å²) in [6.45, 7) is 0.